The number of fused-ring (bicyclic) bond motifs is 1. The minimum atomic E-state index is -4.48. The minimum absolute atomic E-state index is 0.0607. The number of alkyl halides is 4. The summed E-state index contributed by atoms with van der Waals surface area (Å²) >= 11 is 0. The Bertz CT molecular complexity index is 1560. The molecule has 1 aliphatic rings. The van der Waals surface area contributed by atoms with Gasteiger partial charge in [0.25, 0.3) is 0 Å². The van der Waals surface area contributed by atoms with Gasteiger partial charge in [-0.2, -0.15) is 13.2 Å². The summed E-state index contributed by atoms with van der Waals surface area (Å²) in [5, 5.41) is 6.79. The van der Waals surface area contributed by atoms with Crippen LogP contribution in [0.25, 0.3) is 10.9 Å². The summed E-state index contributed by atoms with van der Waals surface area (Å²) in [6.45, 7) is 3.90. The van der Waals surface area contributed by atoms with E-state index in [9.17, 15) is 21.6 Å². The number of methoxy groups -OCH3 is 1. The van der Waals surface area contributed by atoms with Crippen LogP contribution in [0.3, 0.4) is 0 Å². The molecule has 7 nitrogen and oxygen atoms in total. The summed E-state index contributed by atoms with van der Waals surface area (Å²) in [5.41, 5.74) is 1.56. The number of anilines is 2. The molecule has 0 amide bonds. The number of nitrogens with one attached hydrogen (secondary N) is 2. The van der Waals surface area contributed by atoms with Gasteiger partial charge < -0.3 is 19.9 Å². The van der Waals surface area contributed by atoms with Crippen LogP contribution in [-0.2, 0) is 16.4 Å². The Balaban J connectivity index is 1.59. The molecule has 12 heteroatoms. The third-order valence-corrected chi connectivity index (χ3v) is 8.22. The molecule has 1 saturated heterocycles. The fourth-order valence-corrected chi connectivity index (χ4v) is 5.58. The third kappa shape index (κ3) is 7.45. The number of hydrogen-bond donors (Lipinski definition) is 2. The number of halogens is 4. The zero-order valence-electron chi connectivity index (χ0n) is 23.3. The van der Waals surface area contributed by atoms with E-state index in [1.54, 1.807) is 30.3 Å². The van der Waals surface area contributed by atoms with Gasteiger partial charge in [0.05, 0.1) is 41.5 Å². The zero-order valence-corrected chi connectivity index (χ0v) is 24.2. The Labute approximate surface area is 237 Å². The normalized spacial score (nSPS) is 18.3. The topological polar surface area (TPSA) is 75.6 Å². The van der Waals surface area contributed by atoms with E-state index in [-0.39, 0.29) is 23.2 Å². The van der Waals surface area contributed by atoms with E-state index >= 15 is 4.39 Å². The summed E-state index contributed by atoms with van der Waals surface area (Å²) in [6, 6.07) is 10.7. The van der Waals surface area contributed by atoms with E-state index in [0.29, 0.717) is 41.0 Å². The van der Waals surface area contributed by atoms with Gasteiger partial charge in [0, 0.05) is 42.5 Å². The van der Waals surface area contributed by atoms with Crippen LogP contribution < -0.4 is 15.4 Å². The largest absolute Gasteiger partial charge is 0.495 e. The molecule has 0 radical (unpaired) electrons. The first-order valence-corrected chi connectivity index (χ1v) is 15.1. The molecule has 1 aromatic heterocycles. The van der Waals surface area contributed by atoms with Gasteiger partial charge in [0.2, 0.25) is 0 Å². The van der Waals surface area contributed by atoms with Crippen molar-refractivity contribution in [2.45, 2.75) is 56.1 Å². The number of hydrogen-bond acceptors (Lipinski definition) is 6. The lowest BCUT2D eigenvalue weighted by atomic mass is 10.0. The van der Waals surface area contributed by atoms with Crippen LogP contribution in [0.1, 0.15) is 26.0 Å². The van der Waals surface area contributed by atoms with E-state index < -0.39 is 34.8 Å². The van der Waals surface area contributed by atoms with Crippen molar-refractivity contribution in [1.82, 2.24) is 9.47 Å². The lowest BCUT2D eigenvalue weighted by Crippen LogP contribution is -2.50. The highest BCUT2D eigenvalue weighted by Gasteiger charge is 2.32. The maximum absolute atomic E-state index is 15.0. The van der Waals surface area contributed by atoms with E-state index in [1.807, 2.05) is 13.8 Å². The number of sulfone groups is 1. The molecule has 1 fully saturated rings. The molecule has 4 rings (SSSR count). The first-order chi connectivity index (χ1) is 19.3. The Kier molecular flexibility index (Phi) is 9.09. The highest BCUT2D eigenvalue weighted by Crippen LogP contribution is 2.32. The number of ether oxygens (including phenoxy) is 1. The molecule has 2 aromatic carbocycles. The second-order valence-electron chi connectivity index (χ2n) is 10.4. The van der Waals surface area contributed by atoms with E-state index in [4.69, 9.17) is 4.74 Å². The van der Waals surface area contributed by atoms with Crippen LogP contribution in [0.5, 0.6) is 5.75 Å². The number of likely N-dealkylation sites (tertiary alicyclic amines) is 1. The highest BCUT2D eigenvalue weighted by atomic mass is 32.2. The summed E-state index contributed by atoms with van der Waals surface area (Å²) in [7, 11) is -2.03. The molecule has 3 aromatic rings. The summed E-state index contributed by atoms with van der Waals surface area (Å²) in [5.74, 6) is 5.97. The Morgan fingerprint density at radius 3 is 2.54 bits per heavy atom. The molecular formula is C29H34F4N4O3S. The lowest BCUT2D eigenvalue weighted by molar-refractivity contribution is -0.140. The maximum Gasteiger partial charge on any atom is 0.406 e. The minimum Gasteiger partial charge on any atom is -0.495 e. The monoisotopic (exact) mass is 594 g/mol. The number of piperidine rings is 1. The number of nitrogens with zero attached hydrogens (tertiary/aromatic N) is 2. The summed E-state index contributed by atoms with van der Waals surface area (Å²) in [4.78, 5) is 2.16. The fraction of sp³-hybridized carbons (Fsp3) is 0.448. The van der Waals surface area contributed by atoms with E-state index in [1.165, 1.54) is 19.2 Å². The van der Waals surface area contributed by atoms with E-state index in [2.05, 4.69) is 27.4 Å². The zero-order chi connectivity index (χ0) is 29.9. The molecule has 0 aliphatic carbocycles. The van der Waals surface area contributed by atoms with Crippen LogP contribution >= 0.6 is 0 Å². The van der Waals surface area contributed by atoms with Crippen molar-refractivity contribution in [3.05, 3.63) is 48.2 Å². The quantitative estimate of drug-likeness (QED) is 0.272. The number of aromatic nitrogens is 1. The van der Waals surface area contributed by atoms with Gasteiger partial charge in [-0.15, -0.1) is 0 Å². The van der Waals surface area contributed by atoms with Crippen LogP contribution in [0.15, 0.2) is 47.4 Å². The standard InChI is InChI=1S/C29H34F4N4O3S/c1-19(2)36-14-12-25(23(30)17-36)35-24-8-5-9-27-22(24)15-20(37(27)18-29(31,32)33)7-6-13-34-26-11-10-21(41(4,38)39)16-28(26)40-3/h5,8-11,15-16,19,23,25,34-35H,12-14,17-18H2,1-4H3. The van der Waals surface area contributed by atoms with Crippen LogP contribution in [0.4, 0.5) is 28.9 Å². The van der Waals surface area contributed by atoms with Gasteiger partial charge in [-0.1, -0.05) is 12.0 Å². The average Bonchev–Trinajstić information content (AvgIpc) is 3.23. The fourth-order valence-electron chi connectivity index (χ4n) is 4.95. The van der Waals surface area contributed by atoms with Crippen molar-refractivity contribution in [1.29, 1.82) is 0 Å². The number of benzene rings is 2. The van der Waals surface area contributed by atoms with Crippen molar-refractivity contribution in [2.24, 2.45) is 0 Å². The van der Waals surface area contributed by atoms with Gasteiger partial charge in [-0.3, -0.25) is 4.90 Å². The van der Waals surface area contributed by atoms with Gasteiger partial charge >= 0.3 is 6.18 Å². The van der Waals surface area contributed by atoms with Crippen molar-refractivity contribution in [3.8, 4) is 17.6 Å². The smallest absolute Gasteiger partial charge is 0.406 e. The molecule has 0 bridgehead atoms. The molecule has 2 unspecified atom stereocenters. The molecule has 1 aliphatic heterocycles. The molecule has 41 heavy (non-hydrogen) atoms. The van der Waals surface area contributed by atoms with Crippen LogP contribution in [0.2, 0.25) is 0 Å². The predicted molar refractivity (Wildman–Crippen MR) is 153 cm³/mol. The van der Waals surface area contributed by atoms with Gasteiger partial charge in [-0.05, 0) is 56.5 Å². The molecule has 2 N–H and O–H groups in total. The Morgan fingerprint density at radius 2 is 1.90 bits per heavy atom. The van der Waals surface area contributed by atoms with Crippen molar-refractivity contribution < 1.29 is 30.7 Å². The SMILES string of the molecule is COc1cc(S(C)(=O)=O)ccc1NCC#Cc1cc2c(NC3CCN(C(C)C)CC3F)cccc2n1CC(F)(F)F. The Hall–Kier alpha value is -3.43. The highest BCUT2D eigenvalue weighted by molar-refractivity contribution is 7.90. The number of rotatable bonds is 8. The Morgan fingerprint density at radius 1 is 1.15 bits per heavy atom. The van der Waals surface area contributed by atoms with E-state index in [0.717, 1.165) is 17.4 Å². The maximum atomic E-state index is 15.0. The van der Waals surface area contributed by atoms with Crippen LogP contribution in [0, 0.1) is 11.8 Å². The second kappa shape index (κ2) is 12.2. The summed E-state index contributed by atoms with van der Waals surface area (Å²) < 4.78 is 85.7. The lowest BCUT2D eigenvalue weighted by Gasteiger charge is -2.37. The molecule has 0 saturated carbocycles. The summed E-state index contributed by atoms with van der Waals surface area (Å²) in [6.07, 6.45) is -3.93. The van der Waals surface area contributed by atoms with Gasteiger partial charge in [-0.25, -0.2) is 12.8 Å². The van der Waals surface area contributed by atoms with Crippen molar-refractivity contribution in [2.75, 3.05) is 43.6 Å². The average molecular weight is 595 g/mol. The second-order valence-corrected chi connectivity index (χ2v) is 12.4. The first-order valence-electron chi connectivity index (χ1n) is 13.2. The molecule has 222 valence electrons. The molecule has 2 heterocycles. The van der Waals surface area contributed by atoms with Crippen molar-refractivity contribution >= 4 is 32.1 Å². The van der Waals surface area contributed by atoms with Gasteiger partial charge in [0.15, 0.2) is 9.84 Å². The molecule has 2 atom stereocenters. The van der Waals surface area contributed by atoms with Crippen molar-refractivity contribution in [3.63, 3.8) is 0 Å². The van der Waals surface area contributed by atoms with Crippen LogP contribution in [-0.4, -0.2) is 75.3 Å². The third-order valence-electron chi connectivity index (χ3n) is 7.11. The van der Waals surface area contributed by atoms with Gasteiger partial charge in [0.1, 0.15) is 18.5 Å². The molecular weight excluding hydrogens is 560 g/mol. The predicted octanol–water partition coefficient (Wildman–Crippen LogP) is 5.31. The first kappa shape index (κ1) is 30.5. The molecule has 0 spiro atoms.